The number of aromatic nitrogens is 2. The zero-order valence-electron chi connectivity index (χ0n) is 10.9. The van der Waals surface area contributed by atoms with Gasteiger partial charge in [-0.2, -0.15) is 10.4 Å². The molecule has 0 N–H and O–H groups in total. The largest absolute Gasteiger partial charge is 0.356 e. The Bertz CT molecular complexity index is 437. The van der Waals surface area contributed by atoms with Gasteiger partial charge in [0.05, 0.1) is 5.69 Å². The molecule has 1 heterocycles. The predicted molar refractivity (Wildman–Crippen MR) is 67.9 cm³/mol. The van der Waals surface area contributed by atoms with Gasteiger partial charge in [-0.3, -0.25) is 4.68 Å². The molecule has 0 atom stereocenters. The van der Waals surface area contributed by atoms with Crippen LogP contribution in [-0.2, 0) is 7.05 Å². The van der Waals surface area contributed by atoms with Gasteiger partial charge in [0, 0.05) is 20.1 Å². The van der Waals surface area contributed by atoms with Gasteiger partial charge in [-0.05, 0) is 32.6 Å². The van der Waals surface area contributed by atoms with Crippen LogP contribution in [0.1, 0.15) is 37.4 Å². The first-order valence-corrected chi connectivity index (χ1v) is 6.36. The average Bonchev–Trinajstić information content (AvgIpc) is 2.52. The van der Waals surface area contributed by atoms with Crippen molar-refractivity contribution < 1.29 is 0 Å². The summed E-state index contributed by atoms with van der Waals surface area (Å²) in [6.07, 6.45) is 4.02. The van der Waals surface area contributed by atoms with Crippen molar-refractivity contribution in [2.45, 2.75) is 33.1 Å². The minimum absolute atomic E-state index is 0.730. The molecule has 0 aromatic carbocycles. The van der Waals surface area contributed by atoms with E-state index in [0.29, 0.717) is 0 Å². The van der Waals surface area contributed by atoms with Gasteiger partial charge in [-0.25, -0.2) is 0 Å². The molecule has 0 spiro atoms. The van der Waals surface area contributed by atoms with Crippen molar-refractivity contribution in [3.63, 3.8) is 0 Å². The fourth-order valence-electron chi connectivity index (χ4n) is 2.49. The molecule has 17 heavy (non-hydrogen) atoms. The first-order valence-electron chi connectivity index (χ1n) is 6.36. The van der Waals surface area contributed by atoms with E-state index in [-0.39, 0.29) is 0 Å². The molecule has 2 rings (SSSR count). The van der Waals surface area contributed by atoms with Gasteiger partial charge >= 0.3 is 0 Å². The maximum atomic E-state index is 9.23. The Balaban J connectivity index is 2.26. The van der Waals surface area contributed by atoms with Crippen molar-refractivity contribution >= 4 is 5.82 Å². The molecule has 0 saturated heterocycles. The summed E-state index contributed by atoms with van der Waals surface area (Å²) in [6.45, 7) is 6.04. The number of aryl methyl sites for hydroxylation is 2. The molecule has 0 bridgehead atoms. The SMILES string of the molecule is CCN(CC1CCC1)c1c(C#N)c(C)nn1C. The Morgan fingerprint density at radius 3 is 2.71 bits per heavy atom. The Labute approximate surface area is 103 Å². The number of nitriles is 1. The Morgan fingerprint density at radius 2 is 2.24 bits per heavy atom. The van der Waals surface area contributed by atoms with Gasteiger partial charge in [0.1, 0.15) is 17.5 Å². The van der Waals surface area contributed by atoms with Crippen molar-refractivity contribution in [1.29, 1.82) is 5.26 Å². The van der Waals surface area contributed by atoms with Crippen molar-refractivity contribution in [1.82, 2.24) is 9.78 Å². The highest BCUT2D eigenvalue weighted by Gasteiger charge is 2.24. The Hall–Kier alpha value is -1.50. The Morgan fingerprint density at radius 1 is 1.53 bits per heavy atom. The van der Waals surface area contributed by atoms with Crippen LogP contribution in [0, 0.1) is 24.2 Å². The van der Waals surface area contributed by atoms with Gasteiger partial charge < -0.3 is 4.90 Å². The number of hydrogen-bond acceptors (Lipinski definition) is 3. The third-order valence-electron chi connectivity index (χ3n) is 3.69. The highest BCUT2D eigenvalue weighted by atomic mass is 15.4. The molecule has 1 fully saturated rings. The molecule has 1 aliphatic rings. The van der Waals surface area contributed by atoms with Crippen LogP contribution in [0.5, 0.6) is 0 Å². The average molecular weight is 232 g/mol. The maximum Gasteiger partial charge on any atom is 0.144 e. The summed E-state index contributed by atoms with van der Waals surface area (Å²) in [5, 5.41) is 13.6. The molecule has 0 radical (unpaired) electrons. The third-order valence-corrected chi connectivity index (χ3v) is 3.69. The van der Waals surface area contributed by atoms with Gasteiger partial charge in [0.2, 0.25) is 0 Å². The number of rotatable bonds is 4. The van der Waals surface area contributed by atoms with Crippen LogP contribution in [0.2, 0.25) is 0 Å². The predicted octanol–water partition coefficient (Wildman–Crippen LogP) is 2.23. The van der Waals surface area contributed by atoms with E-state index in [4.69, 9.17) is 0 Å². The summed E-state index contributed by atoms with van der Waals surface area (Å²) in [5.41, 5.74) is 1.56. The molecule has 1 saturated carbocycles. The van der Waals surface area contributed by atoms with Crippen molar-refractivity contribution in [3.05, 3.63) is 11.3 Å². The van der Waals surface area contributed by atoms with Crippen LogP contribution in [-0.4, -0.2) is 22.9 Å². The molecular formula is C13H20N4. The first kappa shape index (κ1) is 12.0. The number of nitrogens with zero attached hydrogens (tertiary/aromatic N) is 4. The molecule has 92 valence electrons. The third kappa shape index (κ3) is 2.14. The van der Waals surface area contributed by atoms with Crippen LogP contribution < -0.4 is 4.90 Å². The standard InChI is InChI=1S/C13H20N4/c1-4-17(9-11-6-5-7-11)13-12(8-14)10(2)15-16(13)3/h11H,4-7,9H2,1-3H3. The summed E-state index contributed by atoms with van der Waals surface area (Å²) in [7, 11) is 1.92. The van der Waals surface area contributed by atoms with Crippen molar-refractivity contribution in [2.24, 2.45) is 13.0 Å². The highest BCUT2D eigenvalue weighted by Crippen LogP contribution is 2.30. The van der Waals surface area contributed by atoms with Gasteiger partial charge in [-0.15, -0.1) is 0 Å². The van der Waals surface area contributed by atoms with E-state index in [1.54, 1.807) is 0 Å². The fraction of sp³-hybridized carbons (Fsp3) is 0.692. The molecule has 0 amide bonds. The molecule has 4 heteroatoms. The van der Waals surface area contributed by atoms with Crippen LogP contribution in [0.15, 0.2) is 0 Å². The van der Waals surface area contributed by atoms with Crippen LogP contribution >= 0.6 is 0 Å². The van der Waals surface area contributed by atoms with Gasteiger partial charge in [-0.1, -0.05) is 6.42 Å². The maximum absolute atomic E-state index is 9.23. The fourth-order valence-corrected chi connectivity index (χ4v) is 2.49. The topological polar surface area (TPSA) is 44.9 Å². The van der Waals surface area contributed by atoms with E-state index in [1.165, 1.54) is 19.3 Å². The summed E-state index contributed by atoms with van der Waals surface area (Å²) in [4.78, 5) is 2.29. The summed E-state index contributed by atoms with van der Waals surface area (Å²) in [6, 6.07) is 2.28. The molecule has 0 unspecified atom stereocenters. The molecule has 4 nitrogen and oxygen atoms in total. The van der Waals surface area contributed by atoms with E-state index >= 15 is 0 Å². The minimum Gasteiger partial charge on any atom is -0.356 e. The lowest BCUT2D eigenvalue weighted by Crippen LogP contribution is -2.34. The Kier molecular flexibility index (Phi) is 3.37. The van der Waals surface area contributed by atoms with Crippen LogP contribution in [0.25, 0.3) is 0 Å². The molecule has 0 aliphatic heterocycles. The molecular weight excluding hydrogens is 212 g/mol. The molecule has 1 aromatic rings. The second-order valence-electron chi connectivity index (χ2n) is 4.85. The smallest absolute Gasteiger partial charge is 0.144 e. The van der Waals surface area contributed by atoms with E-state index < -0.39 is 0 Å². The van der Waals surface area contributed by atoms with Crippen molar-refractivity contribution in [2.75, 3.05) is 18.0 Å². The van der Waals surface area contributed by atoms with E-state index in [1.807, 2.05) is 18.7 Å². The summed E-state index contributed by atoms with van der Waals surface area (Å²) < 4.78 is 1.84. The second kappa shape index (κ2) is 4.79. The molecule has 1 aromatic heterocycles. The van der Waals surface area contributed by atoms with Crippen LogP contribution in [0.3, 0.4) is 0 Å². The van der Waals surface area contributed by atoms with E-state index in [9.17, 15) is 5.26 Å². The monoisotopic (exact) mass is 232 g/mol. The van der Waals surface area contributed by atoms with E-state index in [2.05, 4.69) is 23.0 Å². The lowest BCUT2D eigenvalue weighted by molar-refractivity contribution is 0.317. The van der Waals surface area contributed by atoms with Gasteiger partial charge in [0.25, 0.3) is 0 Å². The normalized spacial score (nSPS) is 15.4. The highest BCUT2D eigenvalue weighted by molar-refractivity contribution is 5.56. The molecule has 1 aliphatic carbocycles. The minimum atomic E-state index is 0.730. The summed E-state index contributed by atoms with van der Waals surface area (Å²) in [5.74, 6) is 1.79. The number of anilines is 1. The number of hydrogen-bond donors (Lipinski definition) is 0. The lowest BCUT2D eigenvalue weighted by Gasteiger charge is -2.33. The first-order chi connectivity index (χ1) is 8.17. The zero-order chi connectivity index (χ0) is 12.4. The quantitative estimate of drug-likeness (QED) is 0.799. The zero-order valence-corrected chi connectivity index (χ0v) is 10.9. The van der Waals surface area contributed by atoms with Gasteiger partial charge in [0.15, 0.2) is 0 Å². The van der Waals surface area contributed by atoms with E-state index in [0.717, 1.165) is 36.1 Å². The second-order valence-corrected chi connectivity index (χ2v) is 4.85. The lowest BCUT2D eigenvalue weighted by atomic mass is 9.85. The van der Waals surface area contributed by atoms with Crippen LogP contribution in [0.4, 0.5) is 5.82 Å². The summed E-state index contributed by atoms with van der Waals surface area (Å²) >= 11 is 0. The van der Waals surface area contributed by atoms with Crippen molar-refractivity contribution in [3.8, 4) is 6.07 Å².